The van der Waals surface area contributed by atoms with Gasteiger partial charge in [-0.2, -0.15) is 4.31 Å². The molecule has 0 aliphatic carbocycles. The zero-order valence-corrected chi connectivity index (χ0v) is 17.9. The van der Waals surface area contributed by atoms with Crippen LogP contribution in [-0.2, 0) is 10.0 Å². The lowest BCUT2D eigenvalue weighted by molar-refractivity contribution is -0.906. The summed E-state index contributed by atoms with van der Waals surface area (Å²) in [6.45, 7) is 2.73. The summed E-state index contributed by atoms with van der Waals surface area (Å²) in [5.41, 5.74) is 0.515. The quantitative estimate of drug-likeness (QED) is 0.566. The summed E-state index contributed by atoms with van der Waals surface area (Å²) in [6, 6.07) is 9.62. The molecule has 2 aromatic carbocycles. The zero-order chi connectivity index (χ0) is 22.6. The lowest BCUT2D eigenvalue weighted by Crippen LogP contribution is -3.15. The monoisotopic (exact) mass is 455 g/mol. The highest BCUT2D eigenvalue weighted by atomic mass is 32.2. The molecule has 2 aromatic rings. The third-order valence-corrected chi connectivity index (χ3v) is 7.10. The molecule has 1 atom stereocenters. The number of Topliss-reactive ketones (excluding diaryl/α,β-unsaturated/α-hetero) is 1. The van der Waals surface area contributed by atoms with Crippen molar-refractivity contribution >= 4 is 15.8 Å². The van der Waals surface area contributed by atoms with Crippen molar-refractivity contribution in [2.24, 2.45) is 0 Å². The predicted molar refractivity (Wildman–Crippen MR) is 109 cm³/mol. The average Bonchev–Trinajstić information content (AvgIpc) is 2.72. The van der Waals surface area contributed by atoms with Gasteiger partial charge in [0.2, 0.25) is 10.0 Å². The molecule has 7 nitrogen and oxygen atoms in total. The molecule has 31 heavy (non-hydrogen) atoms. The lowest BCUT2D eigenvalue weighted by Gasteiger charge is -2.32. The molecule has 168 valence electrons. The number of quaternary nitrogens is 1. The molecule has 2 N–H and O–H groups in total. The number of carbonyl (C=O) groups excluding carboxylic acids is 1. The molecule has 0 amide bonds. The van der Waals surface area contributed by atoms with Gasteiger partial charge in [-0.1, -0.05) is 18.2 Å². The van der Waals surface area contributed by atoms with Gasteiger partial charge in [-0.3, -0.25) is 4.79 Å². The van der Waals surface area contributed by atoms with E-state index in [0.717, 1.165) is 27.4 Å². The van der Waals surface area contributed by atoms with E-state index in [9.17, 15) is 27.1 Å². The molecule has 0 saturated carbocycles. The maximum Gasteiger partial charge on any atom is 0.249 e. The second kappa shape index (κ2) is 9.82. The number of carbonyl (C=O) groups is 1. The number of piperazine rings is 1. The fourth-order valence-electron chi connectivity index (χ4n) is 3.49. The third-order valence-electron chi connectivity index (χ3n) is 5.15. The third kappa shape index (κ3) is 5.65. The predicted octanol–water partition coefficient (Wildman–Crippen LogP) is 0.497. The van der Waals surface area contributed by atoms with E-state index in [-0.39, 0.29) is 25.5 Å². The number of aliphatic hydroxyl groups is 1. The molecule has 3 rings (SSSR count). The number of aliphatic hydroxyl groups excluding tert-OH is 1. The highest BCUT2D eigenvalue weighted by Gasteiger charge is 2.34. The highest BCUT2D eigenvalue weighted by molar-refractivity contribution is 7.89. The average molecular weight is 456 g/mol. The van der Waals surface area contributed by atoms with Crippen LogP contribution in [0.2, 0.25) is 0 Å². The SMILES string of the molecule is CC(=O)c1cccc(OC[C@H](O)C[NH+]2CCN(S(=O)(=O)c3c(F)cccc3F)CC2)c1. The first kappa shape index (κ1) is 23.3. The summed E-state index contributed by atoms with van der Waals surface area (Å²) in [6.07, 6.45) is -0.803. The van der Waals surface area contributed by atoms with Gasteiger partial charge in [0.15, 0.2) is 10.7 Å². The summed E-state index contributed by atoms with van der Waals surface area (Å²) in [5, 5.41) is 10.3. The van der Waals surface area contributed by atoms with Crippen molar-refractivity contribution in [3.05, 3.63) is 59.7 Å². The normalized spacial score (nSPS) is 16.8. The Balaban J connectivity index is 1.52. The van der Waals surface area contributed by atoms with Crippen molar-refractivity contribution in [3.63, 3.8) is 0 Å². The molecule has 0 aromatic heterocycles. The molecular formula is C21H25F2N2O5S+. The summed E-state index contributed by atoms with van der Waals surface area (Å²) >= 11 is 0. The van der Waals surface area contributed by atoms with Gasteiger partial charge in [-0.15, -0.1) is 0 Å². The number of benzene rings is 2. The Bertz CT molecular complexity index is 1020. The minimum absolute atomic E-state index is 0.0211. The first-order chi connectivity index (χ1) is 14.7. The second-order valence-electron chi connectivity index (χ2n) is 7.46. The van der Waals surface area contributed by atoms with E-state index in [1.54, 1.807) is 24.3 Å². The number of sulfonamides is 1. The standard InChI is InChI=1S/C21H24F2N2O5S/c1-15(26)16-4-2-5-18(12-16)30-14-17(27)13-24-8-10-25(11-9-24)31(28,29)21-19(22)6-3-7-20(21)23/h2-7,12,17,27H,8-11,13-14H2,1H3/p+1/t17-/m1/s1. The van der Waals surface area contributed by atoms with Gasteiger partial charge in [0.25, 0.3) is 0 Å². The number of ether oxygens (including phenoxy) is 1. The van der Waals surface area contributed by atoms with Gasteiger partial charge in [-0.25, -0.2) is 17.2 Å². The van der Waals surface area contributed by atoms with Crippen LogP contribution >= 0.6 is 0 Å². The number of hydrogen-bond donors (Lipinski definition) is 2. The summed E-state index contributed by atoms with van der Waals surface area (Å²) in [7, 11) is -4.28. The van der Waals surface area contributed by atoms with E-state index < -0.39 is 32.7 Å². The first-order valence-electron chi connectivity index (χ1n) is 9.88. The van der Waals surface area contributed by atoms with Gasteiger partial charge >= 0.3 is 0 Å². The van der Waals surface area contributed by atoms with Gasteiger partial charge in [-0.05, 0) is 31.2 Å². The highest BCUT2D eigenvalue weighted by Crippen LogP contribution is 2.22. The Morgan fingerprint density at radius 2 is 1.77 bits per heavy atom. The van der Waals surface area contributed by atoms with E-state index >= 15 is 0 Å². The molecule has 10 heteroatoms. The fraction of sp³-hybridized carbons (Fsp3) is 0.381. The van der Waals surface area contributed by atoms with Crippen LogP contribution < -0.4 is 9.64 Å². The number of nitrogens with one attached hydrogen (secondary N) is 1. The molecule has 1 aliphatic heterocycles. The Morgan fingerprint density at radius 1 is 1.16 bits per heavy atom. The minimum Gasteiger partial charge on any atom is -0.491 e. The van der Waals surface area contributed by atoms with Crippen molar-refractivity contribution in [1.29, 1.82) is 0 Å². The Morgan fingerprint density at radius 3 is 2.39 bits per heavy atom. The first-order valence-corrected chi connectivity index (χ1v) is 11.3. The molecule has 0 bridgehead atoms. The minimum atomic E-state index is -4.28. The zero-order valence-electron chi connectivity index (χ0n) is 17.1. The molecule has 0 unspecified atom stereocenters. The van der Waals surface area contributed by atoms with Crippen LogP contribution in [0.25, 0.3) is 0 Å². The van der Waals surface area contributed by atoms with Crippen molar-refractivity contribution in [2.45, 2.75) is 17.9 Å². The van der Waals surface area contributed by atoms with Crippen LogP contribution in [0.4, 0.5) is 8.78 Å². The molecule has 1 fully saturated rings. The smallest absolute Gasteiger partial charge is 0.249 e. The summed E-state index contributed by atoms with van der Waals surface area (Å²) in [4.78, 5) is 11.4. The largest absolute Gasteiger partial charge is 0.491 e. The van der Waals surface area contributed by atoms with E-state index in [2.05, 4.69) is 0 Å². The van der Waals surface area contributed by atoms with Crippen molar-refractivity contribution in [1.82, 2.24) is 4.31 Å². The van der Waals surface area contributed by atoms with Gasteiger partial charge in [0.1, 0.15) is 36.6 Å². The van der Waals surface area contributed by atoms with Crippen LogP contribution in [0.3, 0.4) is 0 Å². The van der Waals surface area contributed by atoms with Gasteiger partial charge < -0.3 is 14.7 Å². The van der Waals surface area contributed by atoms with E-state index in [0.29, 0.717) is 30.9 Å². The second-order valence-corrected chi connectivity index (χ2v) is 9.33. The molecule has 1 saturated heterocycles. The van der Waals surface area contributed by atoms with Gasteiger partial charge in [0, 0.05) is 5.56 Å². The van der Waals surface area contributed by atoms with Crippen LogP contribution in [0, 0.1) is 11.6 Å². The lowest BCUT2D eigenvalue weighted by atomic mass is 10.1. The number of rotatable bonds is 8. The topological polar surface area (TPSA) is 88.3 Å². The number of halogens is 2. The number of ketones is 1. The van der Waals surface area contributed by atoms with Gasteiger partial charge in [0.05, 0.1) is 26.2 Å². The number of nitrogens with zero attached hydrogens (tertiary/aromatic N) is 1. The van der Waals surface area contributed by atoms with Crippen molar-refractivity contribution in [3.8, 4) is 5.75 Å². The van der Waals surface area contributed by atoms with E-state index in [1.807, 2.05) is 0 Å². The van der Waals surface area contributed by atoms with Crippen LogP contribution in [0.1, 0.15) is 17.3 Å². The Labute approximate surface area is 179 Å². The molecule has 0 radical (unpaired) electrons. The van der Waals surface area contributed by atoms with Crippen LogP contribution in [-0.4, -0.2) is 69.0 Å². The molecular weight excluding hydrogens is 430 g/mol. The Kier molecular flexibility index (Phi) is 7.37. The van der Waals surface area contributed by atoms with Crippen LogP contribution in [0.15, 0.2) is 47.4 Å². The molecule has 1 heterocycles. The summed E-state index contributed by atoms with van der Waals surface area (Å²) < 4.78 is 59.7. The summed E-state index contributed by atoms with van der Waals surface area (Å²) in [5.74, 6) is -1.84. The molecule has 0 spiro atoms. The molecule has 1 aliphatic rings. The maximum atomic E-state index is 13.9. The van der Waals surface area contributed by atoms with Crippen LogP contribution in [0.5, 0.6) is 5.75 Å². The van der Waals surface area contributed by atoms with E-state index in [1.165, 1.54) is 6.92 Å². The number of hydrogen-bond acceptors (Lipinski definition) is 5. The van der Waals surface area contributed by atoms with E-state index in [4.69, 9.17) is 4.74 Å². The Hall–Kier alpha value is -2.40. The van der Waals surface area contributed by atoms with Crippen molar-refractivity contribution in [2.75, 3.05) is 39.3 Å². The van der Waals surface area contributed by atoms with Crippen molar-refractivity contribution < 1.29 is 36.7 Å². The maximum absolute atomic E-state index is 13.9. The fourth-order valence-corrected chi connectivity index (χ4v) is 5.04.